The van der Waals surface area contributed by atoms with E-state index in [1.807, 2.05) is 0 Å². The predicted octanol–water partition coefficient (Wildman–Crippen LogP) is 6.37. The fourth-order valence-corrected chi connectivity index (χ4v) is 1.60. The van der Waals surface area contributed by atoms with Crippen LogP contribution in [0.2, 0.25) is 0 Å². The molecule has 0 saturated heterocycles. The van der Waals surface area contributed by atoms with E-state index in [9.17, 15) is 19.2 Å². The Bertz CT molecular complexity index is 517. The Labute approximate surface area is 131 Å². The molecule has 1 aromatic carbocycles. The Morgan fingerprint density at radius 2 is 1.37 bits per heavy atom. The molecular formula is C6H4Cl5NO5P2. The molecule has 19 heavy (non-hydrogen) atoms. The number of nitrogens with zero attached hydrogens (tertiary/aromatic N) is 1. The van der Waals surface area contributed by atoms with Gasteiger partial charge in [0.15, 0.2) is 0 Å². The van der Waals surface area contributed by atoms with Crippen molar-refractivity contribution in [2.45, 2.75) is 0 Å². The summed E-state index contributed by atoms with van der Waals surface area (Å²) in [5.74, 6) is 0.115. The molecule has 0 amide bonds. The maximum atomic E-state index is 10.8. The number of non-ortho nitro benzene ring substituents is 1. The van der Waals surface area contributed by atoms with Gasteiger partial charge in [-0.1, -0.05) is 0 Å². The monoisotopic (exact) mass is 407 g/mol. The van der Waals surface area contributed by atoms with Gasteiger partial charge in [-0.25, -0.2) is 4.57 Å². The molecule has 0 heterocycles. The third kappa shape index (κ3) is 13.1. The summed E-state index contributed by atoms with van der Waals surface area (Å²) < 4.78 is 24.9. The Morgan fingerprint density at radius 3 is 1.63 bits per heavy atom. The van der Waals surface area contributed by atoms with E-state index in [-0.39, 0.29) is 11.4 Å². The third-order valence-electron chi connectivity index (χ3n) is 1.26. The first-order valence-corrected chi connectivity index (χ1v) is 11.9. The molecule has 0 radical (unpaired) electrons. The van der Waals surface area contributed by atoms with Crippen molar-refractivity contribution in [3.8, 4) is 5.75 Å². The lowest BCUT2D eigenvalue weighted by atomic mass is 10.3. The maximum Gasteiger partial charge on any atom is 0.428 e. The Balaban J connectivity index is 0.000000555. The molecule has 0 aliphatic carbocycles. The van der Waals surface area contributed by atoms with Crippen LogP contribution in [0.5, 0.6) is 5.75 Å². The summed E-state index contributed by atoms with van der Waals surface area (Å²) in [5, 5.41) is 7.03. The zero-order valence-corrected chi connectivity index (χ0v) is 14.2. The number of rotatable bonds is 3. The largest absolute Gasteiger partial charge is 0.428 e. The van der Waals surface area contributed by atoms with Gasteiger partial charge in [-0.05, 0) is 45.9 Å². The minimum absolute atomic E-state index is 0.101. The van der Waals surface area contributed by atoms with Gasteiger partial charge < -0.3 is 4.52 Å². The lowest BCUT2D eigenvalue weighted by molar-refractivity contribution is -0.384. The summed E-state index contributed by atoms with van der Waals surface area (Å²) >= 11 is 24.1. The molecule has 1 rings (SSSR count). The molecule has 0 saturated carbocycles. The number of nitro groups is 1. The molecule has 0 bridgehead atoms. The highest BCUT2D eigenvalue weighted by Crippen LogP contribution is 2.61. The highest BCUT2D eigenvalue weighted by atomic mass is 36.0. The van der Waals surface area contributed by atoms with E-state index in [1.165, 1.54) is 24.3 Å². The molecule has 0 atom stereocenters. The van der Waals surface area contributed by atoms with E-state index < -0.39 is 16.2 Å². The smallest absolute Gasteiger partial charge is 0.422 e. The van der Waals surface area contributed by atoms with Crippen molar-refractivity contribution in [3.63, 3.8) is 0 Å². The van der Waals surface area contributed by atoms with Gasteiger partial charge in [0.2, 0.25) is 0 Å². The molecule has 0 aromatic heterocycles. The van der Waals surface area contributed by atoms with Crippen molar-refractivity contribution in [1.29, 1.82) is 0 Å². The van der Waals surface area contributed by atoms with E-state index in [0.717, 1.165) is 0 Å². The van der Waals surface area contributed by atoms with Crippen LogP contribution in [-0.2, 0) is 9.13 Å². The number of hydrogen-bond acceptors (Lipinski definition) is 5. The predicted molar refractivity (Wildman–Crippen MR) is 78.2 cm³/mol. The fourth-order valence-electron chi connectivity index (χ4n) is 0.751. The average Bonchev–Trinajstić information content (AvgIpc) is 2.12. The van der Waals surface area contributed by atoms with Crippen molar-refractivity contribution < 1.29 is 18.6 Å². The fraction of sp³-hybridized carbons (Fsp3) is 0. The zero-order chi connectivity index (χ0) is 15.3. The van der Waals surface area contributed by atoms with Gasteiger partial charge in [0, 0.05) is 34.6 Å². The van der Waals surface area contributed by atoms with Crippen molar-refractivity contribution >= 4 is 73.2 Å². The van der Waals surface area contributed by atoms with Crippen LogP contribution in [0.3, 0.4) is 0 Å². The van der Waals surface area contributed by atoms with E-state index in [2.05, 4.69) is 38.2 Å². The Hall–Kier alpha value is 0.330. The van der Waals surface area contributed by atoms with Gasteiger partial charge in [0.1, 0.15) is 5.75 Å². The molecular weight excluding hydrogens is 405 g/mol. The molecule has 6 nitrogen and oxygen atoms in total. The maximum absolute atomic E-state index is 10.8. The quantitative estimate of drug-likeness (QED) is 0.329. The van der Waals surface area contributed by atoms with Crippen LogP contribution in [0.4, 0.5) is 5.69 Å². The third-order valence-corrected chi connectivity index (χ3v) is 2.10. The minimum atomic E-state index is -3.65. The standard InChI is InChI=1S/C6H4Cl2NO4P.Cl3OP/c7-14(8,12)13-6-3-1-5(2-4-6)9(10)11;1-5(2,3)4/h1-4H;. The molecule has 0 aliphatic heterocycles. The number of nitro benzene ring substituents is 1. The van der Waals surface area contributed by atoms with Crippen LogP contribution in [0, 0.1) is 10.1 Å². The van der Waals surface area contributed by atoms with Crippen LogP contribution >= 0.6 is 67.5 Å². The molecule has 108 valence electrons. The lowest BCUT2D eigenvalue weighted by Crippen LogP contribution is -1.87. The molecule has 0 fully saturated rings. The normalized spacial score (nSPS) is 11.2. The number of hydrogen-bond donors (Lipinski definition) is 0. The van der Waals surface area contributed by atoms with Gasteiger partial charge in [0.05, 0.1) is 4.92 Å². The second-order valence-electron chi connectivity index (χ2n) is 2.66. The molecule has 1 aromatic rings. The molecule has 13 heteroatoms. The summed E-state index contributed by atoms with van der Waals surface area (Å²) in [6, 6.07) is 4.91. The van der Waals surface area contributed by atoms with Crippen LogP contribution in [0.1, 0.15) is 0 Å². The molecule has 0 spiro atoms. The van der Waals surface area contributed by atoms with Crippen molar-refractivity contribution in [3.05, 3.63) is 34.4 Å². The zero-order valence-electron chi connectivity index (χ0n) is 8.58. The van der Waals surface area contributed by atoms with Gasteiger partial charge in [-0.15, -0.1) is 0 Å². The first kappa shape index (κ1) is 19.3. The molecule has 0 aliphatic rings. The first-order chi connectivity index (χ1) is 8.38. The highest BCUT2D eigenvalue weighted by Gasteiger charge is 2.16. The van der Waals surface area contributed by atoms with Gasteiger partial charge in [-0.3, -0.25) is 14.7 Å². The van der Waals surface area contributed by atoms with Gasteiger partial charge in [-0.2, -0.15) is 0 Å². The summed E-state index contributed by atoms with van der Waals surface area (Å²) in [7, 11) is 0. The van der Waals surface area contributed by atoms with Crippen molar-refractivity contribution in [1.82, 2.24) is 0 Å². The first-order valence-electron chi connectivity index (χ1n) is 4.01. The van der Waals surface area contributed by atoms with Crippen LogP contribution in [0.25, 0.3) is 0 Å². The van der Waals surface area contributed by atoms with Gasteiger partial charge in [0.25, 0.3) is 5.69 Å². The summed E-state index contributed by atoms with van der Waals surface area (Å²) in [4.78, 5) is 9.69. The second-order valence-corrected chi connectivity index (χ2v) is 13.5. The number of benzene rings is 1. The van der Waals surface area contributed by atoms with Crippen LogP contribution in [-0.4, -0.2) is 4.92 Å². The molecule has 0 unspecified atom stereocenters. The minimum Gasteiger partial charge on any atom is -0.422 e. The Morgan fingerprint density at radius 1 is 1.00 bits per heavy atom. The Kier molecular flexibility index (Phi) is 8.08. The summed E-state index contributed by atoms with van der Waals surface area (Å²) in [6.07, 6.45) is -3.65. The highest BCUT2D eigenvalue weighted by molar-refractivity contribution is 8.24. The van der Waals surface area contributed by atoms with E-state index in [0.29, 0.717) is 0 Å². The summed E-state index contributed by atoms with van der Waals surface area (Å²) in [5.41, 5.74) is -0.101. The average molecular weight is 409 g/mol. The lowest BCUT2D eigenvalue weighted by Gasteiger charge is -2.04. The number of halogens is 5. The molecule has 0 N–H and O–H groups in total. The van der Waals surface area contributed by atoms with E-state index >= 15 is 0 Å². The van der Waals surface area contributed by atoms with E-state index in [4.69, 9.17) is 22.5 Å². The SMILES string of the molecule is O=P(Cl)(Cl)Cl.O=[N+]([O-])c1ccc(OP(=O)(Cl)Cl)cc1. The second kappa shape index (κ2) is 7.94. The van der Waals surface area contributed by atoms with Crippen LogP contribution < -0.4 is 4.52 Å². The van der Waals surface area contributed by atoms with Crippen LogP contribution in [0.15, 0.2) is 24.3 Å². The van der Waals surface area contributed by atoms with E-state index in [1.54, 1.807) is 0 Å². The van der Waals surface area contributed by atoms with Crippen molar-refractivity contribution in [2.24, 2.45) is 0 Å². The van der Waals surface area contributed by atoms with Crippen molar-refractivity contribution in [2.75, 3.05) is 0 Å². The summed E-state index contributed by atoms with van der Waals surface area (Å²) in [6.45, 7) is 0. The topological polar surface area (TPSA) is 86.5 Å². The van der Waals surface area contributed by atoms with Gasteiger partial charge >= 0.3 is 11.3 Å².